The predicted octanol–water partition coefficient (Wildman–Crippen LogP) is 0.829. The van der Waals surface area contributed by atoms with Crippen LogP contribution in [0.2, 0.25) is 0 Å². The molecule has 0 bridgehead atoms. The highest BCUT2D eigenvalue weighted by atomic mass is 16.5. The number of hydrogen-bond donors (Lipinski definition) is 2. The van der Waals surface area contributed by atoms with Crippen molar-refractivity contribution in [3.8, 4) is 5.75 Å². The smallest absolute Gasteiger partial charge is 0.259 e. The lowest BCUT2D eigenvalue weighted by atomic mass is 10.2. The number of carbonyl (C=O) groups excluding carboxylic acids is 2. The molecule has 1 unspecified atom stereocenters. The molecule has 0 heterocycles. The fourth-order valence-electron chi connectivity index (χ4n) is 1.41. The van der Waals surface area contributed by atoms with E-state index in [1.165, 1.54) is 4.90 Å². The summed E-state index contributed by atoms with van der Waals surface area (Å²) >= 11 is 0. The zero-order valence-corrected chi connectivity index (χ0v) is 12.1. The molecule has 3 N–H and O–H groups in total. The van der Waals surface area contributed by atoms with Gasteiger partial charge in [-0.2, -0.15) is 0 Å². The lowest BCUT2D eigenvalue weighted by molar-refractivity contribution is -0.130. The molecule has 0 aromatic heterocycles. The first kappa shape index (κ1) is 16.0. The summed E-state index contributed by atoms with van der Waals surface area (Å²) in [6.45, 7) is 1.77. The van der Waals surface area contributed by atoms with Crippen molar-refractivity contribution >= 4 is 17.5 Å². The number of rotatable bonds is 6. The van der Waals surface area contributed by atoms with E-state index in [0.717, 1.165) is 0 Å². The lowest BCUT2D eigenvalue weighted by Crippen LogP contribution is -2.27. The maximum atomic E-state index is 11.5. The molecule has 110 valence electrons. The summed E-state index contributed by atoms with van der Waals surface area (Å²) < 4.78 is 5.33. The fraction of sp³-hybridized carbons (Fsp3) is 0.429. The second-order valence-corrected chi connectivity index (χ2v) is 4.83. The van der Waals surface area contributed by atoms with Crippen LogP contribution >= 0.6 is 0 Å². The molecule has 0 aliphatic carbocycles. The van der Waals surface area contributed by atoms with Gasteiger partial charge in [0.25, 0.3) is 5.91 Å². The number of benzene rings is 1. The van der Waals surface area contributed by atoms with E-state index in [9.17, 15) is 9.59 Å². The van der Waals surface area contributed by atoms with Crippen LogP contribution < -0.4 is 15.8 Å². The number of amides is 2. The Morgan fingerprint density at radius 1 is 1.30 bits per heavy atom. The van der Waals surface area contributed by atoms with Gasteiger partial charge in [0.2, 0.25) is 5.91 Å². The first-order valence-electron chi connectivity index (χ1n) is 6.37. The quantitative estimate of drug-likeness (QED) is 0.807. The normalized spacial score (nSPS) is 11.6. The summed E-state index contributed by atoms with van der Waals surface area (Å²) in [5.41, 5.74) is 6.22. The maximum Gasteiger partial charge on any atom is 0.259 e. The van der Waals surface area contributed by atoms with Crippen molar-refractivity contribution in [3.05, 3.63) is 24.3 Å². The molecule has 0 radical (unpaired) electrons. The van der Waals surface area contributed by atoms with Crippen molar-refractivity contribution in [1.29, 1.82) is 0 Å². The molecule has 0 saturated heterocycles. The third-order valence-corrected chi connectivity index (χ3v) is 2.51. The highest BCUT2D eigenvalue weighted by Gasteiger charge is 2.07. The Morgan fingerprint density at radius 3 is 2.40 bits per heavy atom. The topological polar surface area (TPSA) is 84.7 Å². The third-order valence-electron chi connectivity index (χ3n) is 2.51. The van der Waals surface area contributed by atoms with Crippen LogP contribution in [0.15, 0.2) is 24.3 Å². The summed E-state index contributed by atoms with van der Waals surface area (Å²) in [5.74, 6) is 0.334. The van der Waals surface area contributed by atoms with Gasteiger partial charge < -0.3 is 20.7 Å². The number of likely N-dealkylation sites (N-methyl/N-ethyl adjacent to an activating group) is 1. The largest absolute Gasteiger partial charge is 0.484 e. The standard InChI is InChI=1S/C14H21N3O3/c1-10(15)8-13(18)16-11-4-6-12(7-5-11)20-9-14(19)17(2)3/h4-7,10H,8-9,15H2,1-3H3,(H,16,18). The Labute approximate surface area is 118 Å². The minimum atomic E-state index is -0.172. The molecule has 20 heavy (non-hydrogen) atoms. The molecule has 0 spiro atoms. The zero-order valence-electron chi connectivity index (χ0n) is 12.1. The molecule has 6 nitrogen and oxygen atoms in total. The second-order valence-electron chi connectivity index (χ2n) is 4.83. The molecule has 1 aromatic carbocycles. The summed E-state index contributed by atoms with van der Waals surface area (Å²) in [6, 6.07) is 6.66. The van der Waals surface area contributed by atoms with E-state index in [1.54, 1.807) is 45.3 Å². The molecule has 6 heteroatoms. The lowest BCUT2D eigenvalue weighted by Gasteiger charge is -2.12. The fourth-order valence-corrected chi connectivity index (χ4v) is 1.41. The molecule has 1 aromatic rings. The Morgan fingerprint density at radius 2 is 1.90 bits per heavy atom. The number of nitrogens with zero attached hydrogens (tertiary/aromatic N) is 1. The van der Waals surface area contributed by atoms with Crippen molar-refractivity contribution in [2.24, 2.45) is 5.73 Å². The zero-order chi connectivity index (χ0) is 15.1. The van der Waals surface area contributed by atoms with E-state index in [1.807, 2.05) is 0 Å². The maximum absolute atomic E-state index is 11.5. The highest BCUT2D eigenvalue weighted by molar-refractivity contribution is 5.91. The Kier molecular flexibility index (Phi) is 5.99. The number of hydrogen-bond acceptors (Lipinski definition) is 4. The van der Waals surface area contributed by atoms with Crippen LogP contribution in [0.1, 0.15) is 13.3 Å². The van der Waals surface area contributed by atoms with E-state index in [2.05, 4.69) is 5.32 Å². The van der Waals surface area contributed by atoms with Gasteiger partial charge in [0, 0.05) is 32.2 Å². The van der Waals surface area contributed by atoms with Gasteiger partial charge in [-0.1, -0.05) is 0 Å². The Balaban J connectivity index is 2.48. The van der Waals surface area contributed by atoms with Crippen LogP contribution in [0.5, 0.6) is 5.75 Å². The monoisotopic (exact) mass is 279 g/mol. The molecular weight excluding hydrogens is 258 g/mol. The highest BCUT2D eigenvalue weighted by Crippen LogP contribution is 2.16. The minimum Gasteiger partial charge on any atom is -0.484 e. The van der Waals surface area contributed by atoms with Crippen molar-refractivity contribution in [2.45, 2.75) is 19.4 Å². The van der Waals surface area contributed by atoms with E-state index < -0.39 is 0 Å². The number of nitrogens with two attached hydrogens (primary N) is 1. The van der Waals surface area contributed by atoms with E-state index >= 15 is 0 Å². The molecule has 1 atom stereocenters. The predicted molar refractivity (Wildman–Crippen MR) is 77.5 cm³/mol. The van der Waals surface area contributed by atoms with Gasteiger partial charge in [0.15, 0.2) is 6.61 Å². The van der Waals surface area contributed by atoms with Crippen LogP contribution in [-0.4, -0.2) is 43.5 Å². The number of carbonyl (C=O) groups is 2. The van der Waals surface area contributed by atoms with Crippen molar-refractivity contribution in [2.75, 3.05) is 26.0 Å². The van der Waals surface area contributed by atoms with Crippen molar-refractivity contribution in [3.63, 3.8) is 0 Å². The first-order valence-corrected chi connectivity index (χ1v) is 6.37. The van der Waals surface area contributed by atoms with Crippen LogP contribution in [0.4, 0.5) is 5.69 Å². The van der Waals surface area contributed by atoms with Gasteiger partial charge in [0.1, 0.15) is 5.75 Å². The summed E-state index contributed by atoms with van der Waals surface area (Å²) in [6.07, 6.45) is 0.273. The van der Waals surface area contributed by atoms with E-state index in [-0.39, 0.29) is 30.9 Å². The molecule has 0 aliphatic heterocycles. The summed E-state index contributed by atoms with van der Waals surface area (Å²) in [4.78, 5) is 24.3. The van der Waals surface area contributed by atoms with Crippen molar-refractivity contribution < 1.29 is 14.3 Å². The van der Waals surface area contributed by atoms with Gasteiger partial charge >= 0.3 is 0 Å². The van der Waals surface area contributed by atoms with Gasteiger partial charge in [-0.3, -0.25) is 9.59 Å². The van der Waals surface area contributed by atoms with Gasteiger partial charge in [-0.25, -0.2) is 0 Å². The summed E-state index contributed by atoms with van der Waals surface area (Å²) in [7, 11) is 3.34. The number of anilines is 1. The van der Waals surface area contributed by atoms with Crippen LogP contribution in [0.3, 0.4) is 0 Å². The van der Waals surface area contributed by atoms with Gasteiger partial charge in [-0.15, -0.1) is 0 Å². The van der Waals surface area contributed by atoms with E-state index in [4.69, 9.17) is 10.5 Å². The molecule has 0 fully saturated rings. The second kappa shape index (κ2) is 7.49. The Hall–Kier alpha value is -2.08. The number of ether oxygens (including phenoxy) is 1. The molecular formula is C14H21N3O3. The third kappa shape index (κ3) is 5.71. The van der Waals surface area contributed by atoms with Gasteiger partial charge in [-0.05, 0) is 31.2 Å². The average molecular weight is 279 g/mol. The van der Waals surface area contributed by atoms with Crippen LogP contribution in [-0.2, 0) is 9.59 Å². The van der Waals surface area contributed by atoms with E-state index in [0.29, 0.717) is 11.4 Å². The van der Waals surface area contributed by atoms with Crippen LogP contribution in [0.25, 0.3) is 0 Å². The molecule has 1 rings (SSSR count). The average Bonchev–Trinajstić information content (AvgIpc) is 2.36. The number of nitrogens with one attached hydrogen (secondary N) is 1. The minimum absolute atomic E-state index is 0.0105. The van der Waals surface area contributed by atoms with Crippen molar-refractivity contribution in [1.82, 2.24) is 4.90 Å². The SMILES string of the molecule is CC(N)CC(=O)Nc1ccc(OCC(=O)N(C)C)cc1. The first-order chi connectivity index (χ1) is 9.38. The Bertz CT molecular complexity index is 455. The molecule has 2 amide bonds. The van der Waals surface area contributed by atoms with Crippen LogP contribution in [0, 0.1) is 0 Å². The molecule has 0 saturated carbocycles. The van der Waals surface area contributed by atoms with Gasteiger partial charge in [0.05, 0.1) is 0 Å². The summed E-state index contributed by atoms with van der Waals surface area (Å²) in [5, 5.41) is 2.73. The molecule has 0 aliphatic rings.